The number of benzene rings is 3. The molecule has 2 aliphatic heterocycles. The standard InChI is InChI=1S/C25H25ClN2O3/c1-27(11-10-18-6-9-24-25(14-18)31-17-30-24)12-13-28-21-4-2-3-5-23(21)29-16-19-7-8-20(26)15-22(19)28/h2-9,14-15H,10-13,16-17H2,1H3. The number of ether oxygens (including phenoxy) is 3. The van der Waals surface area contributed by atoms with Crippen LogP contribution in [-0.2, 0) is 13.0 Å². The molecule has 0 bridgehead atoms. The zero-order chi connectivity index (χ0) is 21.2. The molecular formula is C25H25ClN2O3. The van der Waals surface area contributed by atoms with Gasteiger partial charge in [0.05, 0.1) is 5.69 Å². The van der Waals surface area contributed by atoms with Gasteiger partial charge in [0.25, 0.3) is 0 Å². The summed E-state index contributed by atoms with van der Waals surface area (Å²) in [4.78, 5) is 4.67. The van der Waals surface area contributed by atoms with Crippen molar-refractivity contribution in [3.8, 4) is 17.2 Å². The number of fused-ring (bicyclic) bond motifs is 3. The van der Waals surface area contributed by atoms with Crippen molar-refractivity contribution in [3.05, 3.63) is 76.8 Å². The Balaban J connectivity index is 1.28. The first kappa shape index (κ1) is 20.0. The van der Waals surface area contributed by atoms with E-state index in [2.05, 4.69) is 41.1 Å². The van der Waals surface area contributed by atoms with Crippen LogP contribution in [0.25, 0.3) is 0 Å². The van der Waals surface area contributed by atoms with E-state index < -0.39 is 0 Å². The van der Waals surface area contributed by atoms with Gasteiger partial charge in [0, 0.05) is 35.9 Å². The minimum absolute atomic E-state index is 0.311. The van der Waals surface area contributed by atoms with Crippen LogP contribution in [0, 0.1) is 0 Å². The van der Waals surface area contributed by atoms with E-state index >= 15 is 0 Å². The van der Waals surface area contributed by atoms with E-state index in [4.69, 9.17) is 25.8 Å². The largest absolute Gasteiger partial charge is 0.487 e. The summed E-state index contributed by atoms with van der Waals surface area (Å²) in [5.74, 6) is 2.57. The van der Waals surface area contributed by atoms with Gasteiger partial charge in [0.2, 0.25) is 6.79 Å². The number of para-hydroxylation sites is 2. The molecule has 0 atom stereocenters. The molecule has 0 unspecified atom stereocenters. The van der Waals surface area contributed by atoms with E-state index in [0.717, 1.165) is 65.3 Å². The topological polar surface area (TPSA) is 34.2 Å². The van der Waals surface area contributed by atoms with Crippen molar-refractivity contribution in [2.24, 2.45) is 0 Å². The molecule has 0 N–H and O–H groups in total. The van der Waals surface area contributed by atoms with Crippen LogP contribution in [0.1, 0.15) is 11.1 Å². The number of anilines is 2. The molecule has 5 rings (SSSR count). The lowest BCUT2D eigenvalue weighted by Gasteiger charge is -2.28. The molecule has 6 heteroatoms. The number of hydrogen-bond acceptors (Lipinski definition) is 5. The highest BCUT2D eigenvalue weighted by molar-refractivity contribution is 6.30. The predicted octanol–water partition coefficient (Wildman–Crippen LogP) is 5.27. The van der Waals surface area contributed by atoms with Crippen molar-refractivity contribution >= 4 is 23.0 Å². The molecule has 31 heavy (non-hydrogen) atoms. The van der Waals surface area contributed by atoms with Gasteiger partial charge in [-0.05, 0) is 55.4 Å². The lowest BCUT2D eigenvalue weighted by atomic mass is 10.1. The molecule has 160 valence electrons. The maximum Gasteiger partial charge on any atom is 0.231 e. The van der Waals surface area contributed by atoms with Crippen molar-refractivity contribution in [1.29, 1.82) is 0 Å². The maximum atomic E-state index is 6.35. The fourth-order valence-corrected chi connectivity index (χ4v) is 4.20. The molecule has 0 saturated heterocycles. The molecule has 0 fully saturated rings. The molecule has 0 radical (unpaired) electrons. The second-order valence-electron chi connectivity index (χ2n) is 7.92. The van der Waals surface area contributed by atoms with Gasteiger partial charge in [-0.3, -0.25) is 0 Å². The highest BCUT2D eigenvalue weighted by atomic mass is 35.5. The Bertz CT molecular complexity index is 1090. The zero-order valence-electron chi connectivity index (χ0n) is 17.5. The highest BCUT2D eigenvalue weighted by Gasteiger charge is 2.22. The van der Waals surface area contributed by atoms with Crippen LogP contribution >= 0.6 is 11.6 Å². The van der Waals surface area contributed by atoms with Crippen molar-refractivity contribution in [2.75, 3.05) is 38.4 Å². The normalized spacial score (nSPS) is 14.1. The van der Waals surface area contributed by atoms with Crippen LogP contribution in [0.2, 0.25) is 5.02 Å². The second-order valence-corrected chi connectivity index (χ2v) is 8.36. The van der Waals surface area contributed by atoms with Crippen LogP contribution in [0.15, 0.2) is 60.7 Å². The molecule has 3 aromatic rings. The Morgan fingerprint density at radius 1 is 0.871 bits per heavy atom. The van der Waals surface area contributed by atoms with E-state index in [1.165, 1.54) is 5.56 Å². The van der Waals surface area contributed by atoms with Gasteiger partial charge in [-0.2, -0.15) is 0 Å². The summed E-state index contributed by atoms with van der Waals surface area (Å²) < 4.78 is 17.0. The summed E-state index contributed by atoms with van der Waals surface area (Å²) in [6.45, 7) is 3.55. The average Bonchev–Trinajstić information content (AvgIpc) is 3.20. The van der Waals surface area contributed by atoms with Gasteiger partial charge in [-0.1, -0.05) is 35.9 Å². The van der Waals surface area contributed by atoms with E-state index in [1.807, 2.05) is 36.4 Å². The van der Waals surface area contributed by atoms with E-state index in [-0.39, 0.29) is 0 Å². The molecule has 0 saturated carbocycles. The number of nitrogens with zero attached hydrogens (tertiary/aromatic N) is 2. The molecule has 5 nitrogen and oxygen atoms in total. The fourth-order valence-electron chi connectivity index (χ4n) is 4.04. The van der Waals surface area contributed by atoms with Crippen molar-refractivity contribution in [2.45, 2.75) is 13.0 Å². The average molecular weight is 437 g/mol. The summed E-state index contributed by atoms with van der Waals surface area (Å²) in [6.07, 6.45) is 0.954. The number of halogens is 1. The van der Waals surface area contributed by atoms with E-state index in [1.54, 1.807) is 0 Å². The molecule has 0 amide bonds. The quantitative estimate of drug-likeness (QED) is 0.525. The van der Waals surface area contributed by atoms with Crippen LogP contribution in [0.5, 0.6) is 17.2 Å². The molecule has 0 spiro atoms. The summed E-state index contributed by atoms with van der Waals surface area (Å²) >= 11 is 6.35. The molecule has 0 aromatic heterocycles. The van der Waals surface area contributed by atoms with Gasteiger partial charge >= 0.3 is 0 Å². The minimum Gasteiger partial charge on any atom is -0.487 e. The molecule has 0 aliphatic carbocycles. The fraction of sp³-hybridized carbons (Fsp3) is 0.280. The van der Waals surface area contributed by atoms with Gasteiger partial charge in [0.1, 0.15) is 12.4 Å². The Hall–Kier alpha value is -2.89. The Morgan fingerprint density at radius 3 is 2.68 bits per heavy atom. The van der Waals surface area contributed by atoms with Crippen LogP contribution < -0.4 is 19.1 Å². The van der Waals surface area contributed by atoms with Crippen molar-refractivity contribution < 1.29 is 14.2 Å². The molecule has 3 aromatic carbocycles. The smallest absolute Gasteiger partial charge is 0.231 e. The monoisotopic (exact) mass is 436 g/mol. The maximum absolute atomic E-state index is 6.35. The van der Waals surface area contributed by atoms with Crippen LogP contribution in [0.3, 0.4) is 0 Å². The first-order chi connectivity index (χ1) is 15.2. The molecule has 2 aliphatic rings. The summed E-state index contributed by atoms with van der Waals surface area (Å²) in [7, 11) is 2.16. The first-order valence-corrected chi connectivity index (χ1v) is 10.9. The number of rotatable bonds is 6. The van der Waals surface area contributed by atoms with Gasteiger partial charge in [-0.25, -0.2) is 0 Å². The summed E-state index contributed by atoms with van der Waals surface area (Å²) in [5, 5.41) is 0.735. The third-order valence-corrected chi connectivity index (χ3v) is 6.04. The Labute approximate surface area is 187 Å². The van der Waals surface area contributed by atoms with Crippen molar-refractivity contribution in [3.63, 3.8) is 0 Å². The first-order valence-electron chi connectivity index (χ1n) is 10.5. The lowest BCUT2D eigenvalue weighted by Crippen LogP contribution is -2.32. The molecular weight excluding hydrogens is 412 g/mol. The van der Waals surface area contributed by atoms with E-state index in [0.29, 0.717) is 13.4 Å². The Kier molecular flexibility index (Phi) is 5.62. The SMILES string of the molecule is CN(CCc1ccc2c(c1)OCO2)CCN1c2cc(Cl)ccc2COc2ccccc21. The highest BCUT2D eigenvalue weighted by Crippen LogP contribution is 2.40. The van der Waals surface area contributed by atoms with Gasteiger partial charge < -0.3 is 24.0 Å². The Morgan fingerprint density at radius 2 is 1.74 bits per heavy atom. The number of hydrogen-bond donors (Lipinski definition) is 0. The predicted molar refractivity (Wildman–Crippen MR) is 123 cm³/mol. The second kappa shape index (κ2) is 8.69. The third kappa shape index (κ3) is 4.29. The number of likely N-dealkylation sites (N-methyl/N-ethyl adjacent to an activating group) is 1. The summed E-state index contributed by atoms with van der Waals surface area (Å²) in [6, 6.07) is 20.4. The van der Waals surface area contributed by atoms with Crippen LogP contribution in [0.4, 0.5) is 11.4 Å². The van der Waals surface area contributed by atoms with E-state index in [9.17, 15) is 0 Å². The van der Waals surface area contributed by atoms with Gasteiger partial charge in [0.15, 0.2) is 11.5 Å². The van der Waals surface area contributed by atoms with Crippen molar-refractivity contribution in [1.82, 2.24) is 4.90 Å². The lowest BCUT2D eigenvalue weighted by molar-refractivity contribution is 0.174. The van der Waals surface area contributed by atoms with Gasteiger partial charge in [-0.15, -0.1) is 0 Å². The zero-order valence-corrected chi connectivity index (χ0v) is 18.3. The third-order valence-electron chi connectivity index (χ3n) is 5.80. The van der Waals surface area contributed by atoms with Crippen LogP contribution in [-0.4, -0.2) is 38.4 Å². The minimum atomic E-state index is 0.311. The summed E-state index contributed by atoms with van der Waals surface area (Å²) in [5.41, 5.74) is 4.58. The molecule has 2 heterocycles.